The summed E-state index contributed by atoms with van der Waals surface area (Å²) in [5.74, 6) is 2.17. The molecule has 0 unspecified atom stereocenters. The van der Waals surface area contributed by atoms with E-state index in [4.69, 9.17) is 9.72 Å². The van der Waals surface area contributed by atoms with Crippen molar-refractivity contribution in [2.75, 3.05) is 33.3 Å². The van der Waals surface area contributed by atoms with E-state index in [1.807, 2.05) is 31.6 Å². The Hall–Kier alpha value is -2.70. The molecule has 2 aliphatic heterocycles. The van der Waals surface area contributed by atoms with Crippen molar-refractivity contribution >= 4 is 0 Å². The number of nitrogens with zero attached hydrogens (tertiary/aromatic N) is 5. The van der Waals surface area contributed by atoms with Gasteiger partial charge >= 0.3 is 0 Å². The van der Waals surface area contributed by atoms with Gasteiger partial charge in [0.25, 0.3) is 0 Å². The highest BCUT2D eigenvalue weighted by Crippen LogP contribution is 2.41. The Kier molecular flexibility index (Phi) is 5.50. The lowest BCUT2D eigenvalue weighted by Gasteiger charge is -2.49. The number of rotatable bonds is 5. The minimum atomic E-state index is 0.0219. The predicted molar refractivity (Wildman–Crippen MR) is 122 cm³/mol. The average Bonchev–Trinajstić information content (AvgIpc) is 3.25. The van der Waals surface area contributed by atoms with Gasteiger partial charge in [-0.05, 0) is 56.6 Å². The molecule has 0 radical (unpaired) electrons. The maximum Gasteiger partial charge on any atom is 0.129 e. The molecule has 1 aromatic carbocycles. The monoisotopic (exact) mass is 417 g/mol. The van der Waals surface area contributed by atoms with Crippen LogP contribution >= 0.6 is 0 Å². The predicted octanol–water partition coefficient (Wildman–Crippen LogP) is 3.78. The largest absolute Gasteiger partial charge is 0.494 e. The van der Waals surface area contributed by atoms with Crippen molar-refractivity contribution < 1.29 is 4.74 Å². The van der Waals surface area contributed by atoms with Crippen LogP contribution in [0.15, 0.2) is 55.0 Å². The van der Waals surface area contributed by atoms with Crippen molar-refractivity contribution in [3.05, 3.63) is 66.4 Å². The van der Waals surface area contributed by atoms with Gasteiger partial charge in [-0.3, -0.25) is 14.8 Å². The summed E-state index contributed by atoms with van der Waals surface area (Å²) in [6.45, 7) is 7.90. The number of benzene rings is 1. The van der Waals surface area contributed by atoms with Crippen molar-refractivity contribution in [1.29, 1.82) is 0 Å². The summed E-state index contributed by atoms with van der Waals surface area (Å²) in [5, 5.41) is 0. The summed E-state index contributed by atoms with van der Waals surface area (Å²) in [6.07, 6.45) is 8.01. The van der Waals surface area contributed by atoms with Crippen LogP contribution in [-0.2, 0) is 18.6 Å². The van der Waals surface area contributed by atoms with E-state index in [9.17, 15) is 0 Å². The van der Waals surface area contributed by atoms with Crippen molar-refractivity contribution in [2.45, 2.75) is 38.4 Å². The van der Waals surface area contributed by atoms with Gasteiger partial charge in [0, 0.05) is 50.7 Å². The van der Waals surface area contributed by atoms with Gasteiger partial charge in [-0.15, -0.1) is 0 Å². The number of imidazole rings is 1. The Morgan fingerprint density at radius 2 is 1.81 bits per heavy atom. The first-order chi connectivity index (χ1) is 15.2. The molecular formula is C25H31N5O. The quantitative estimate of drug-likeness (QED) is 0.632. The Labute approximate surface area is 184 Å². The number of likely N-dealkylation sites (N-methyl/N-ethyl adjacent to an activating group) is 1. The minimum absolute atomic E-state index is 0.0219. The standard InChI is InChI=1S/C25H31N5O/c1-3-31-22-8-6-20(7-9-22)19-29-13-10-25(11-14-29)24-27-18-23(21-5-4-12-26-17-21)30(24)16-15-28(25)2/h4-9,12,17-18H,3,10-11,13-16,19H2,1-2H3. The summed E-state index contributed by atoms with van der Waals surface area (Å²) in [7, 11) is 2.27. The fourth-order valence-corrected chi connectivity index (χ4v) is 5.16. The van der Waals surface area contributed by atoms with Crippen molar-refractivity contribution in [3.8, 4) is 17.0 Å². The van der Waals surface area contributed by atoms with Crippen LogP contribution in [0.25, 0.3) is 11.3 Å². The minimum Gasteiger partial charge on any atom is -0.494 e. The summed E-state index contributed by atoms with van der Waals surface area (Å²) < 4.78 is 8.00. The molecule has 4 heterocycles. The Bertz CT molecular complexity index is 1010. The number of pyridine rings is 1. The van der Waals surface area contributed by atoms with Crippen LogP contribution in [0.4, 0.5) is 0 Å². The van der Waals surface area contributed by atoms with Crippen LogP contribution in [0, 0.1) is 0 Å². The Morgan fingerprint density at radius 1 is 1.00 bits per heavy atom. The normalized spacial score (nSPS) is 18.8. The van der Waals surface area contributed by atoms with E-state index in [-0.39, 0.29) is 5.54 Å². The number of aromatic nitrogens is 3. The summed E-state index contributed by atoms with van der Waals surface area (Å²) in [4.78, 5) is 14.4. The molecule has 1 spiro atoms. The first-order valence-corrected chi connectivity index (χ1v) is 11.3. The number of likely N-dealkylation sites (tertiary alicyclic amines) is 1. The zero-order valence-corrected chi connectivity index (χ0v) is 18.5. The molecule has 2 aromatic heterocycles. The highest BCUT2D eigenvalue weighted by atomic mass is 16.5. The third-order valence-electron chi connectivity index (χ3n) is 6.94. The molecule has 0 aliphatic carbocycles. The number of fused-ring (bicyclic) bond motifs is 2. The molecule has 162 valence electrons. The first-order valence-electron chi connectivity index (χ1n) is 11.3. The van der Waals surface area contributed by atoms with Crippen molar-refractivity contribution in [2.24, 2.45) is 0 Å². The number of piperidine rings is 1. The lowest BCUT2D eigenvalue weighted by atomic mass is 9.83. The summed E-state index contributed by atoms with van der Waals surface area (Å²) >= 11 is 0. The van der Waals surface area contributed by atoms with Gasteiger partial charge in [0.05, 0.1) is 24.0 Å². The third kappa shape index (κ3) is 3.75. The van der Waals surface area contributed by atoms with Crippen LogP contribution in [-0.4, -0.2) is 57.6 Å². The molecule has 6 nitrogen and oxygen atoms in total. The topological polar surface area (TPSA) is 46.4 Å². The van der Waals surface area contributed by atoms with Crippen LogP contribution < -0.4 is 4.74 Å². The van der Waals surface area contributed by atoms with E-state index in [0.29, 0.717) is 6.61 Å². The van der Waals surface area contributed by atoms with Gasteiger partial charge in [0.1, 0.15) is 11.6 Å². The molecule has 5 rings (SSSR count). The van der Waals surface area contributed by atoms with Gasteiger partial charge in [-0.2, -0.15) is 0 Å². The zero-order chi connectivity index (χ0) is 21.3. The zero-order valence-electron chi connectivity index (χ0n) is 18.5. The van der Waals surface area contributed by atoms with Crippen LogP contribution in [0.5, 0.6) is 5.75 Å². The highest BCUT2D eigenvalue weighted by molar-refractivity contribution is 5.58. The van der Waals surface area contributed by atoms with Gasteiger partial charge in [-0.25, -0.2) is 4.98 Å². The van der Waals surface area contributed by atoms with Gasteiger partial charge < -0.3 is 9.30 Å². The highest BCUT2D eigenvalue weighted by Gasteiger charge is 2.45. The molecule has 6 heteroatoms. The molecule has 2 aliphatic rings. The molecule has 1 fully saturated rings. The fraction of sp³-hybridized carbons (Fsp3) is 0.440. The molecule has 0 bridgehead atoms. The second kappa shape index (κ2) is 8.44. The van der Waals surface area contributed by atoms with E-state index in [2.05, 4.69) is 56.7 Å². The van der Waals surface area contributed by atoms with E-state index < -0.39 is 0 Å². The maximum atomic E-state index is 5.57. The fourth-order valence-electron chi connectivity index (χ4n) is 5.16. The van der Waals surface area contributed by atoms with Crippen LogP contribution in [0.2, 0.25) is 0 Å². The molecule has 1 saturated heterocycles. The van der Waals surface area contributed by atoms with E-state index >= 15 is 0 Å². The van der Waals surface area contributed by atoms with Crippen LogP contribution in [0.3, 0.4) is 0 Å². The second-order valence-corrected chi connectivity index (χ2v) is 8.67. The molecule has 0 N–H and O–H groups in total. The van der Waals surface area contributed by atoms with Gasteiger partial charge in [0.2, 0.25) is 0 Å². The summed E-state index contributed by atoms with van der Waals surface area (Å²) in [5.41, 5.74) is 3.70. The average molecular weight is 418 g/mol. The SMILES string of the molecule is CCOc1ccc(CN2CCC3(CC2)c2ncc(-c4cccnc4)n2CCN3C)cc1. The van der Waals surface area contributed by atoms with E-state index in [1.54, 1.807) is 0 Å². The number of hydrogen-bond acceptors (Lipinski definition) is 5. The molecule has 0 atom stereocenters. The van der Waals surface area contributed by atoms with Crippen LogP contribution in [0.1, 0.15) is 31.2 Å². The van der Waals surface area contributed by atoms with E-state index in [1.165, 1.54) is 17.1 Å². The second-order valence-electron chi connectivity index (χ2n) is 8.67. The maximum absolute atomic E-state index is 5.57. The smallest absolute Gasteiger partial charge is 0.129 e. The number of hydrogen-bond donors (Lipinski definition) is 0. The Balaban J connectivity index is 1.32. The first kappa shape index (κ1) is 20.2. The lowest BCUT2D eigenvalue weighted by molar-refractivity contribution is 0.00700. The molecule has 3 aromatic rings. The molecular weight excluding hydrogens is 386 g/mol. The molecule has 31 heavy (non-hydrogen) atoms. The molecule has 0 saturated carbocycles. The Morgan fingerprint density at radius 3 is 2.52 bits per heavy atom. The summed E-state index contributed by atoms with van der Waals surface area (Å²) in [6, 6.07) is 12.7. The van der Waals surface area contributed by atoms with E-state index in [0.717, 1.165) is 56.9 Å². The van der Waals surface area contributed by atoms with Crippen molar-refractivity contribution in [1.82, 2.24) is 24.3 Å². The number of ether oxygens (including phenoxy) is 1. The molecule has 0 amide bonds. The van der Waals surface area contributed by atoms with Gasteiger partial charge in [0.15, 0.2) is 0 Å². The third-order valence-corrected chi connectivity index (χ3v) is 6.94. The van der Waals surface area contributed by atoms with Gasteiger partial charge in [-0.1, -0.05) is 12.1 Å². The lowest BCUT2D eigenvalue weighted by Crippen LogP contribution is -2.56. The van der Waals surface area contributed by atoms with Crippen molar-refractivity contribution in [3.63, 3.8) is 0 Å².